The first-order chi connectivity index (χ1) is 24.0. The molecular formula is C40H53FN4O5. The lowest BCUT2D eigenvalue weighted by molar-refractivity contribution is -0.124. The molecule has 2 amide bonds. The third-order valence-electron chi connectivity index (χ3n) is 11.8. The number of fused-ring (bicyclic) bond motifs is 3. The van der Waals surface area contributed by atoms with Crippen LogP contribution in [0.5, 0.6) is 5.75 Å². The molecule has 0 unspecified atom stereocenters. The Hall–Kier alpha value is -3.92. The Balaban J connectivity index is 1.22. The number of aromatic nitrogens is 2. The van der Waals surface area contributed by atoms with E-state index in [2.05, 4.69) is 35.5 Å². The van der Waals surface area contributed by atoms with Crippen LogP contribution in [0, 0.1) is 24.1 Å². The van der Waals surface area contributed by atoms with Gasteiger partial charge < -0.3 is 24.8 Å². The number of anilines is 1. The number of nitrogens with one attached hydrogen (secondary N) is 1. The van der Waals surface area contributed by atoms with E-state index in [0.29, 0.717) is 62.0 Å². The molecule has 0 spiro atoms. The molecule has 2 aromatic carbocycles. The van der Waals surface area contributed by atoms with Gasteiger partial charge in [0, 0.05) is 54.7 Å². The standard InChI is InChI=1S/C40H53FN4O5/c1-27(2)45-25-30(24-43-45)34-23-32(9-12-35(34)41)44(37(47)29-6-10-33(11-7-29)50-38(48)42-20-5-21-46)26-39-14-17-40(18-15-39,19-16-39)31-8-13-36(49-4)28(3)22-31/h8-9,12-13,22-25,27,29,33,46H,5-7,10-11,14-21,26H2,1-4H3,(H,42,48). The maximum atomic E-state index is 15.4. The monoisotopic (exact) mass is 688 g/mol. The van der Waals surface area contributed by atoms with Gasteiger partial charge in [0.05, 0.1) is 13.3 Å². The Labute approximate surface area is 295 Å². The number of benzene rings is 2. The first-order valence-corrected chi connectivity index (χ1v) is 18.4. The van der Waals surface area contributed by atoms with Crippen LogP contribution in [0.3, 0.4) is 0 Å². The van der Waals surface area contributed by atoms with Gasteiger partial charge in [-0.05, 0) is 138 Å². The smallest absolute Gasteiger partial charge is 0.407 e. The Morgan fingerprint density at radius 3 is 2.40 bits per heavy atom. The summed E-state index contributed by atoms with van der Waals surface area (Å²) in [5.74, 6) is 0.424. The number of hydrogen-bond donors (Lipinski definition) is 2. The Bertz CT molecular complexity index is 1640. The highest BCUT2D eigenvalue weighted by molar-refractivity contribution is 5.96. The third-order valence-corrected chi connectivity index (χ3v) is 11.8. The van der Waals surface area contributed by atoms with E-state index >= 15 is 4.39 Å². The molecule has 4 fully saturated rings. The van der Waals surface area contributed by atoms with Crippen LogP contribution >= 0.6 is 0 Å². The minimum atomic E-state index is -0.482. The summed E-state index contributed by atoms with van der Waals surface area (Å²) in [6, 6.07) is 11.8. The van der Waals surface area contributed by atoms with Crippen LogP contribution < -0.4 is 15.0 Å². The minimum absolute atomic E-state index is 0.00561. The van der Waals surface area contributed by atoms with Crippen molar-refractivity contribution in [1.29, 1.82) is 0 Å². The second-order valence-corrected chi connectivity index (χ2v) is 15.2. The summed E-state index contributed by atoms with van der Waals surface area (Å²) in [6.45, 7) is 7.14. The fourth-order valence-electron chi connectivity index (χ4n) is 8.55. The minimum Gasteiger partial charge on any atom is -0.496 e. The molecule has 0 radical (unpaired) electrons. The highest BCUT2D eigenvalue weighted by atomic mass is 19.1. The number of amides is 2. The summed E-state index contributed by atoms with van der Waals surface area (Å²) >= 11 is 0. The highest BCUT2D eigenvalue weighted by Gasteiger charge is 2.50. The molecule has 4 saturated carbocycles. The normalized spacial score (nSPS) is 24.6. The summed E-state index contributed by atoms with van der Waals surface area (Å²) < 4.78 is 28.4. The lowest BCUT2D eigenvalue weighted by Crippen LogP contribution is -2.51. The molecule has 3 aromatic rings. The fraction of sp³-hybridized carbons (Fsp3) is 0.575. The van der Waals surface area contributed by atoms with Gasteiger partial charge >= 0.3 is 6.09 Å². The maximum absolute atomic E-state index is 15.4. The molecule has 0 atom stereocenters. The van der Waals surface area contributed by atoms with E-state index in [1.54, 1.807) is 19.4 Å². The summed E-state index contributed by atoms with van der Waals surface area (Å²) in [5.41, 5.74) is 4.53. The zero-order chi connectivity index (χ0) is 35.5. The number of methoxy groups -OCH3 is 1. The maximum Gasteiger partial charge on any atom is 0.407 e. The highest BCUT2D eigenvalue weighted by Crippen LogP contribution is 2.58. The first kappa shape index (κ1) is 35.9. The number of hydrogen-bond acceptors (Lipinski definition) is 6. The van der Waals surface area contributed by atoms with E-state index in [9.17, 15) is 9.59 Å². The van der Waals surface area contributed by atoms with Crippen molar-refractivity contribution in [3.05, 3.63) is 65.7 Å². The second kappa shape index (κ2) is 15.1. The number of nitrogens with zero attached hydrogens (tertiary/aromatic N) is 3. The molecule has 4 aliphatic rings. The SMILES string of the molecule is COc1ccc(C23CCC(CN(C(=O)C4CCC(OC(=O)NCCCO)CC4)c4ccc(F)c(-c5cnn(C(C)C)c5)c4)(CC2)CC3)cc1C. The van der Waals surface area contributed by atoms with E-state index in [0.717, 1.165) is 49.8 Å². The van der Waals surface area contributed by atoms with Crippen LogP contribution in [0.2, 0.25) is 0 Å². The molecule has 0 aliphatic heterocycles. The van der Waals surface area contributed by atoms with E-state index in [1.807, 2.05) is 35.7 Å². The van der Waals surface area contributed by atoms with Crippen molar-refractivity contribution in [2.75, 3.05) is 31.7 Å². The van der Waals surface area contributed by atoms with Crippen LogP contribution in [0.15, 0.2) is 48.8 Å². The van der Waals surface area contributed by atoms with E-state index in [4.69, 9.17) is 14.6 Å². The fourth-order valence-corrected chi connectivity index (χ4v) is 8.55. The van der Waals surface area contributed by atoms with Gasteiger partial charge in [-0.15, -0.1) is 0 Å². The summed E-state index contributed by atoms with van der Waals surface area (Å²) in [5, 5.41) is 16.1. The predicted molar refractivity (Wildman–Crippen MR) is 192 cm³/mol. The van der Waals surface area contributed by atoms with Gasteiger partial charge in [0.1, 0.15) is 17.7 Å². The average Bonchev–Trinajstić information content (AvgIpc) is 3.63. The van der Waals surface area contributed by atoms with Gasteiger partial charge in [-0.1, -0.05) is 12.1 Å². The number of aliphatic hydroxyl groups excluding tert-OH is 1. The molecule has 1 aromatic heterocycles. The van der Waals surface area contributed by atoms with Crippen molar-refractivity contribution >= 4 is 17.7 Å². The molecule has 4 aliphatic carbocycles. The van der Waals surface area contributed by atoms with Crippen molar-refractivity contribution in [1.82, 2.24) is 15.1 Å². The summed E-state index contributed by atoms with van der Waals surface area (Å²) in [6.07, 6.45) is 12.1. The molecular weight excluding hydrogens is 635 g/mol. The van der Waals surface area contributed by atoms with Crippen molar-refractivity contribution in [2.24, 2.45) is 11.3 Å². The first-order valence-electron chi connectivity index (χ1n) is 18.4. The molecule has 7 rings (SSSR count). The third kappa shape index (κ3) is 7.55. The largest absolute Gasteiger partial charge is 0.496 e. The number of halogens is 1. The molecule has 2 N–H and O–H groups in total. The van der Waals surface area contributed by atoms with Crippen LogP contribution in [-0.2, 0) is 14.9 Å². The summed E-state index contributed by atoms with van der Waals surface area (Å²) in [7, 11) is 1.71. The zero-order valence-electron chi connectivity index (χ0n) is 30.1. The molecule has 9 nitrogen and oxygen atoms in total. The van der Waals surface area contributed by atoms with Crippen LogP contribution in [0.25, 0.3) is 11.1 Å². The molecule has 270 valence electrons. The molecule has 10 heteroatoms. The van der Waals surface area contributed by atoms with Gasteiger partial charge in [0.2, 0.25) is 5.91 Å². The van der Waals surface area contributed by atoms with Gasteiger partial charge in [0.15, 0.2) is 0 Å². The average molecular weight is 689 g/mol. The molecule has 0 saturated heterocycles. The van der Waals surface area contributed by atoms with Gasteiger partial charge in [-0.25, -0.2) is 9.18 Å². The van der Waals surface area contributed by atoms with Crippen LogP contribution in [0.1, 0.15) is 102 Å². The van der Waals surface area contributed by atoms with Gasteiger partial charge in [0.25, 0.3) is 0 Å². The molecule has 1 heterocycles. The lowest BCUT2D eigenvalue weighted by Gasteiger charge is -2.55. The quantitative estimate of drug-likeness (QED) is 0.188. The van der Waals surface area contributed by atoms with Crippen molar-refractivity contribution in [3.63, 3.8) is 0 Å². The number of rotatable bonds is 12. The second-order valence-electron chi connectivity index (χ2n) is 15.2. The topological polar surface area (TPSA) is 106 Å². The predicted octanol–water partition coefficient (Wildman–Crippen LogP) is 7.88. The lowest BCUT2D eigenvalue weighted by atomic mass is 9.51. The van der Waals surface area contributed by atoms with Crippen molar-refractivity contribution < 1.29 is 28.6 Å². The van der Waals surface area contributed by atoms with Crippen molar-refractivity contribution in [3.8, 4) is 16.9 Å². The van der Waals surface area contributed by atoms with Crippen LogP contribution in [-0.4, -0.2) is 59.8 Å². The Morgan fingerprint density at radius 1 is 1.06 bits per heavy atom. The van der Waals surface area contributed by atoms with E-state index < -0.39 is 6.09 Å². The molecule has 2 bridgehead atoms. The Morgan fingerprint density at radius 2 is 1.78 bits per heavy atom. The Kier molecular flexibility index (Phi) is 10.9. The number of ether oxygens (including phenoxy) is 2. The number of carbonyl (C=O) groups excluding carboxylic acids is 2. The van der Waals surface area contributed by atoms with Crippen molar-refractivity contribution in [2.45, 2.75) is 109 Å². The van der Waals surface area contributed by atoms with E-state index in [-0.39, 0.29) is 47.2 Å². The van der Waals surface area contributed by atoms with E-state index in [1.165, 1.54) is 11.6 Å². The van der Waals surface area contributed by atoms with Gasteiger partial charge in [-0.3, -0.25) is 9.48 Å². The van der Waals surface area contributed by atoms with Crippen LogP contribution in [0.4, 0.5) is 14.9 Å². The summed E-state index contributed by atoms with van der Waals surface area (Å²) in [4.78, 5) is 28.8. The number of aryl methyl sites for hydroxylation is 1. The number of alkyl carbamates (subject to hydrolysis) is 1. The number of carbonyl (C=O) groups is 2. The zero-order valence-corrected chi connectivity index (χ0v) is 30.1. The van der Waals surface area contributed by atoms with Gasteiger partial charge in [-0.2, -0.15) is 5.10 Å². The number of aliphatic hydroxyl groups is 1. The molecule has 50 heavy (non-hydrogen) atoms.